The van der Waals surface area contributed by atoms with Crippen molar-refractivity contribution in [2.24, 2.45) is 5.10 Å². The summed E-state index contributed by atoms with van der Waals surface area (Å²) in [7, 11) is 3.75. The van der Waals surface area contributed by atoms with E-state index in [1.165, 1.54) is 35.8 Å². The molecule has 0 saturated heterocycles. The van der Waals surface area contributed by atoms with E-state index in [2.05, 4.69) is 15.3 Å². The molecule has 0 N–H and O–H groups in total. The highest BCUT2D eigenvalue weighted by atomic mass is 32.2. The van der Waals surface area contributed by atoms with E-state index in [-0.39, 0.29) is 5.69 Å². The zero-order chi connectivity index (χ0) is 19.2. The molecule has 0 unspecified atom stereocenters. The fourth-order valence-electron chi connectivity index (χ4n) is 2.41. The van der Waals surface area contributed by atoms with Gasteiger partial charge in [-0.25, -0.2) is 0 Å². The van der Waals surface area contributed by atoms with Gasteiger partial charge in [-0.3, -0.25) is 10.1 Å². The second-order valence-corrected chi connectivity index (χ2v) is 6.81. The summed E-state index contributed by atoms with van der Waals surface area (Å²) in [5.41, 5.74) is 2.66. The van der Waals surface area contributed by atoms with Gasteiger partial charge < -0.3 is 4.90 Å². The lowest BCUT2D eigenvalue weighted by atomic mass is 10.1. The molecular weight excluding hydrogens is 364 g/mol. The number of nitro groups is 1. The molecule has 0 radical (unpaired) electrons. The first-order chi connectivity index (χ1) is 13.0. The Morgan fingerprint density at radius 3 is 2.74 bits per heavy atom. The molecule has 0 aliphatic carbocycles. The monoisotopic (exact) mass is 382 g/mol. The lowest BCUT2D eigenvalue weighted by molar-refractivity contribution is -0.384. The Bertz CT molecular complexity index is 955. The van der Waals surface area contributed by atoms with Crippen molar-refractivity contribution in [2.75, 3.05) is 19.0 Å². The molecule has 1 aromatic heterocycles. The molecule has 0 fully saturated rings. The molecule has 2 aromatic carbocycles. The van der Waals surface area contributed by atoms with Gasteiger partial charge in [0.1, 0.15) is 6.33 Å². The molecule has 0 bridgehead atoms. The fraction of sp³-hybridized carbons (Fsp3) is 0.167. The maximum Gasteiger partial charge on any atom is 0.270 e. The van der Waals surface area contributed by atoms with E-state index < -0.39 is 4.92 Å². The van der Waals surface area contributed by atoms with Crippen LogP contribution < -0.4 is 4.90 Å². The normalized spacial score (nSPS) is 11.0. The minimum absolute atomic E-state index is 0.0180. The van der Waals surface area contributed by atoms with Crippen LogP contribution in [0.2, 0.25) is 0 Å². The van der Waals surface area contributed by atoms with E-state index in [1.807, 2.05) is 49.3 Å². The van der Waals surface area contributed by atoms with Crippen molar-refractivity contribution in [3.63, 3.8) is 0 Å². The summed E-state index contributed by atoms with van der Waals surface area (Å²) in [6, 6.07) is 14.7. The second-order valence-electron chi connectivity index (χ2n) is 5.87. The molecule has 138 valence electrons. The molecule has 0 spiro atoms. The van der Waals surface area contributed by atoms with E-state index in [0.717, 1.165) is 11.4 Å². The van der Waals surface area contributed by atoms with Crippen LogP contribution in [0.25, 0.3) is 0 Å². The van der Waals surface area contributed by atoms with Crippen LogP contribution in [0.15, 0.2) is 65.1 Å². The van der Waals surface area contributed by atoms with Crippen molar-refractivity contribution < 1.29 is 4.92 Å². The molecule has 0 saturated carbocycles. The van der Waals surface area contributed by atoms with Crippen LogP contribution in [0.3, 0.4) is 0 Å². The zero-order valence-corrected chi connectivity index (χ0v) is 15.7. The first-order valence-corrected chi connectivity index (χ1v) is 9.10. The summed E-state index contributed by atoms with van der Waals surface area (Å²) in [4.78, 5) is 12.5. The summed E-state index contributed by atoms with van der Waals surface area (Å²) in [5.74, 6) is 0.745. The summed E-state index contributed by atoms with van der Waals surface area (Å²) < 4.78 is 1.56. The third kappa shape index (κ3) is 4.70. The first-order valence-electron chi connectivity index (χ1n) is 8.11. The summed E-state index contributed by atoms with van der Waals surface area (Å²) in [6.45, 7) is 0. The molecule has 3 rings (SSSR count). The Hall–Kier alpha value is -3.20. The molecule has 0 amide bonds. The first kappa shape index (κ1) is 18.6. The minimum Gasteiger partial charge on any atom is -0.377 e. The van der Waals surface area contributed by atoms with Crippen LogP contribution in [0.4, 0.5) is 11.4 Å². The van der Waals surface area contributed by atoms with E-state index in [4.69, 9.17) is 0 Å². The lowest BCUT2D eigenvalue weighted by Gasteiger charge is -2.14. The van der Waals surface area contributed by atoms with Gasteiger partial charge in [-0.05, 0) is 11.6 Å². The second kappa shape index (κ2) is 8.45. The van der Waals surface area contributed by atoms with E-state index in [0.29, 0.717) is 10.7 Å². The number of thioether (sulfide) groups is 1. The van der Waals surface area contributed by atoms with Gasteiger partial charge in [0.25, 0.3) is 5.69 Å². The third-order valence-electron chi connectivity index (χ3n) is 3.74. The number of rotatable bonds is 7. The Kier molecular flexibility index (Phi) is 5.82. The molecule has 3 aromatic rings. The Labute approximate surface area is 160 Å². The Morgan fingerprint density at radius 1 is 1.26 bits per heavy atom. The van der Waals surface area contributed by atoms with Gasteiger partial charge in [0.05, 0.1) is 11.1 Å². The Balaban J connectivity index is 1.81. The minimum atomic E-state index is -0.420. The van der Waals surface area contributed by atoms with Crippen molar-refractivity contribution in [3.8, 4) is 0 Å². The number of nitrogens with zero attached hydrogens (tertiary/aromatic N) is 6. The zero-order valence-electron chi connectivity index (χ0n) is 14.9. The number of benzene rings is 2. The molecular formula is C18H18N6O2S. The number of anilines is 1. The SMILES string of the molecule is CN(C)c1ccc([N+](=O)[O-])cc1/C=N\n1cnnc1SCc1ccccc1. The van der Waals surface area contributed by atoms with Crippen LogP contribution >= 0.6 is 11.8 Å². The van der Waals surface area contributed by atoms with Crippen molar-refractivity contribution in [1.82, 2.24) is 14.9 Å². The van der Waals surface area contributed by atoms with Gasteiger partial charge in [0.15, 0.2) is 0 Å². The van der Waals surface area contributed by atoms with Gasteiger partial charge in [-0.2, -0.15) is 9.78 Å². The maximum atomic E-state index is 11.1. The molecule has 0 atom stereocenters. The molecule has 0 aliphatic rings. The van der Waals surface area contributed by atoms with Gasteiger partial charge in [0.2, 0.25) is 5.16 Å². The van der Waals surface area contributed by atoms with Crippen molar-refractivity contribution in [3.05, 3.63) is 76.1 Å². The number of aromatic nitrogens is 3. The van der Waals surface area contributed by atoms with Crippen molar-refractivity contribution in [1.29, 1.82) is 0 Å². The predicted molar refractivity (Wildman–Crippen MR) is 106 cm³/mol. The van der Waals surface area contributed by atoms with Crippen molar-refractivity contribution in [2.45, 2.75) is 10.9 Å². The van der Waals surface area contributed by atoms with E-state index in [9.17, 15) is 10.1 Å². The standard InChI is InChI=1S/C18H18N6O2S/c1-22(2)17-9-8-16(24(25)26)10-15(17)11-20-23-13-19-21-18(23)27-12-14-6-4-3-5-7-14/h3-11,13H,12H2,1-2H3/b20-11-. The van der Waals surface area contributed by atoms with Crippen LogP contribution in [-0.4, -0.2) is 40.1 Å². The number of hydrogen-bond acceptors (Lipinski definition) is 7. The highest BCUT2D eigenvalue weighted by Gasteiger charge is 2.11. The smallest absolute Gasteiger partial charge is 0.270 e. The largest absolute Gasteiger partial charge is 0.377 e. The summed E-state index contributed by atoms with van der Waals surface area (Å²) in [6.07, 6.45) is 3.09. The van der Waals surface area contributed by atoms with Gasteiger partial charge in [-0.15, -0.1) is 10.2 Å². The third-order valence-corrected chi connectivity index (χ3v) is 4.74. The molecule has 1 heterocycles. The number of non-ortho nitro benzene ring substituents is 1. The fourth-order valence-corrected chi connectivity index (χ4v) is 3.23. The number of hydrogen-bond donors (Lipinski definition) is 0. The highest BCUT2D eigenvalue weighted by molar-refractivity contribution is 7.98. The summed E-state index contributed by atoms with van der Waals surface area (Å²) in [5, 5.41) is 24.1. The van der Waals surface area contributed by atoms with Gasteiger partial charge in [0, 0.05) is 43.2 Å². The van der Waals surface area contributed by atoms with Crippen LogP contribution in [0.1, 0.15) is 11.1 Å². The van der Waals surface area contributed by atoms with Gasteiger partial charge >= 0.3 is 0 Å². The quantitative estimate of drug-likeness (QED) is 0.269. The van der Waals surface area contributed by atoms with Crippen LogP contribution in [0.5, 0.6) is 0 Å². The van der Waals surface area contributed by atoms with E-state index >= 15 is 0 Å². The lowest BCUT2D eigenvalue weighted by Crippen LogP contribution is -2.11. The average molecular weight is 382 g/mol. The van der Waals surface area contributed by atoms with Crippen molar-refractivity contribution >= 4 is 29.4 Å². The molecule has 27 heavy (non-hydrogen) atoms. The van der Waals surface area contributed by atoms with E-state index in [1.54, 1.807) is 17.0 Å². The molecule has 9 heteroatoms. The predicted octanol–water partition coefficient (Wildman–Crippen LogP) is 3.43. The highest BCUT2D eigenvalue weighted by Crippen LogP contribution is 2.24. The summed E-state index contributed by atoms with van der Waals surface area (Å²) >= 11 is 1.52. The maximum absolute atomic E-state index is 11.1. The molecule has 8 nitrogen and oxygen atoms in total. The van der Waals surface area contributed by atoms with Crippen LogP contribution in [-0.2, 0) is 5.75 Å². The number of nitro benzene ring substituents is 1. The average Bonchev–Trinajstić information content (AvgIpc) is 3.12. The van der Waals surface area contributed by atoms with Gasteiger partial charge in [-0.1, -0.05) is 42.1 Å². The topological polar surface area (TPSA) is 89.5 Å². The molecule has 0 aliphatic heterocycles. The van der Waals surface area contributed by atoms with Crippen LogP contribution in [0, 0.1) is 10.1 Å². The Morgan fingerprint density at radius 2 is 2.04 bits per heavy atom.